The van der Waals surface area contributed by atoms with Crippen molar-refractivity contribution >= 4 is 22.8 Å². The van der Waals surface area contributed by atoms with Crippen LogP contribution in [0.3, 0.4) is 0 Å². The van der Waals surface area contributed by atoms with E-state index in [0.29, 0.717) is 22.6 Å². The molecule has 7 heteroatoms. The van der Waals surface area contributed by atoms with Crippen molar-refractivity contribution in [3.8, 4) is 11.5 Å². The third-order valence-electron chi connectivity index (χ3n) is 3.54. The van der Waals surface area contributed by atoms with Gasteiger partial charge in [0.2, 0.25) is 0 Å². The molecule has 0 atom stereocenters. The molecular formula is C13H17ClN6. The fourth-order valence-corrected chi connectivity index (χ4v) is 2.72. The average molecular weight is 293 g/mol. The fraction of sp³-hybridized carbons (Fsp3) is 0.462. The second kappa shape index (κ2) is 4.94. The van der Waals surface area contributed by atoms with Gasteiger partial charge in [0, 0.05) is 13.2 Å². The number of H-pyrrole nitrogens is 1. The fourth-order valence-electron chi connectivity index (χ4n) is 2.45. The van der Waals surface area contributed by atoms with Gasteiger partial charge in [-0.3, -0.25) is 4.68 Å². The lowest BCUT2D eigenvalue weighted by atomic mass is 10.2. The van der Waals surface area contributed by atoms with Gasteiger partial charge in [-0.1, -0.05) is 25.4 Å². The van der Waals surface area contributed by atoms with Crippen LogP contribution in [0.4, 0.5) is 0 Å². The molecule has 3 aromatic heterocycles. The monoisotopic (exact) mass is 292 g/mol. The Morgan fingerprint density at radius 1 is 1.35 bits per heavy atom. The molecule has 0 saturated heterocycles. The molecule has 0 aromatic carbocycles. The van der Waals surface area contributed by atoms with Crippen molar-refractivity contribution in [3.63, 3.8) is 0 Å². The van der Waals surface area contributed by atoms with Crippen LogP contribution in [0.1, 0.15) is 32.7 Å². The number of halogens is 1. The molecule has 106 valence electrons. The Morgan fingerprint density at radius 3 is 2.70 bits per heavy atom. The minimum absolute atomic E-state index is 0.364. The average Bonchev–Trinajstić information content (AvgIpc) is 3.06. The highest BCUT2D eigenvalue weighted by Gasteiger charge is 2.18. The predicted molar refractivity (Wildman–Crippen MR) is 78.7 cm³/mol. The zero-order chi connectivity index (χ0) is 14.3. The zero-order valence-electron chi connectivity index (χ0n) is 11.8. The number of nitrogens with zero attached hydrogens (tertiary/aromatic N) is 5. The Balaban J connectivity index is 2.10. The number of rotatable bonds is 4. The van der Waals surface area contributed by atoms with Crippen molar-refractivity contribution in [1.29, 1.82) is 0 Å². The van der Waals surface area contributed by atoms with Gasteiger partial charge in [0.05, 0.1) is 17.3 Å². The van der Waals surface area contributed by atoms with Crippen molar-refractivity contribution in [2.45, 2.75) is 32.7 Å². The first-order valence-corrected chi connectivity index (χ1v) is 7.14. The van der Waals surface area contributed by atoms with Gasteiger partial charge in [0.25, 0.3) is 0 Å². The lowest BCUT2D eigenvalue weighted by Crippen LogP contribution is -2.08. The number of hydrogen-bond donors (Lipinski definition) is 1. The highest BCUT2D eigenvalue weighted by atomic mass is 35.5. The molecule has 0 saturated carbocycles. The van der Waals surface area contributed by atoms with Gasteiger partial charge in [-0.15, -0.1) is 0 Å². The quantitative estimate of drug-likeness (QED) is 0.803. The molecule has 0 amide bonds. The molecule has 3 heterocycles. The number of aromatic amines is 1. The molecule has 0 unspecified atom stereocenters. The number of hydrogen-bond acceptors (Lipinski definition) is 3. The van der Waals surface area contributed by atoms with Crippen LogP contribution in [0, 0.1) is 0 Å². The molecule has 3 rings (SSSR count). The van der Waals surface area contributed by atoms with Crippen molar-refractivity contribution in [1.82, 2.24) is 29.5 Å². The molecular weight excluding hydrogens is 276 g/mol. The molecule has 20 heavy (non-hydrogen) atoms. The van der Waals surface area contributed by atoms with E-state index in [9.17, 15) is 0 Å². The van der Waals surface area contributed by atoms with E-state index >= 15 is 0 Å². The van der Waals surface area contributed by atoms with E-state index in [0.717, 1.165) is 24.0 Å². The summed E-state index contributed by atoms with van der Waals surface area (Å²) in [6.45, 7) is 4.32. The molecule has 6 nitrogen and oxygen atoms in total. The molecule has 0 fully saturated rings. The summed E-state index contributed by atoms with van der Waals surface area (Å²) in [5.74, 6) is 0.683. The highest BCUT2D eigenvalue weighted by Crippen LogP contribution is 2.27. The Bertz CT molecular complexity index is 733. The minimum Gasteiger partial charge on any atom is -0.334 e. The summed E-state index contributed by atoms with van der Waals surface area (Å²) in [5.41, 5.74) is 2.44. The van der Waals surface area contributed by atoms with Crippen LogP contribution in [0.5, 0.6) is 0 Å². The maximum absolute atomic E-state index is 6.17. The van der Waals surface area contributed by atoms with E-state index in [1.54, 1.807) is 17.1 Å². The number of aromatic nitrogens is 6. The SMILES string of the molecule is CCC(CC)n1ncc2[nH]c(-c3nn(C)cc3Cl)nc21. The summed E-state index contributed by atoms with van der Waals surface area (Å²) in [5, 5.41) is 9.34. The van der Waals surface area contributed by atoms with Crippen LogP contribution in [-0.2, 0) is 7.05 Å². The number of nitrogens with one attached hydrogen (secondary N) is 1. The Kier molecular flexibility index (Phi) is 3.25. The number of fused-ring (bicyclic) bond motifs is 1. The van der Waals surface area contributed by atoms with Gasteiger partial charge in [0.1, 0.15) is 11.2 Å². The van der Waals surface area contributed by atoms with E-state index < -0.39 is 0 Å². The standard InChI is InChI=1S/C13H17ClN6/c1-4-8(5-2)20-13-10(6-15-20)16-12(17-13)11-9(14)7-19(3)18-11/h6-8H,4-5H2,1-3H3,(H,16,17). The molecule has 1 N–H and O–H groups in total. The lowest BCUT2D eigenvalue weighted by Gasteiger charge is -2.12. The topological polar surface area (TPSA) is 64.3 Å². The highest BCUT2D eigenvalue weighted by molar-refractivity contribution is 6.32. The van der Waals surface area contributed by atoms with Crippen molar-refractivity contribution in [2.24, 2.45) is 7.05 Å². The molecule has 0 bridgehead atoms. The number of aryl methyl sites for hydroxylation is 1. The third-order valence-corrected chi connectivity index (χ3v) is 3.81. The van der Waals surface area contributed by atoms with Crippen molar-refractivity contribution in [3.05, 3.63) is 17.4 Å². The van der Waals surface area contributed by atoms with Crippen LogP contribution < -0.4 is 0 Å². The Morgan fingerprint density at radius 2 is 2.10 bits per heavy atom. The van der Waals surface area contributed by atoms with Gasteiger partial charge in [0.15, 0.2) is 11.5 Å². The summed E-state index contributed by atoms with van der Waals surface area (Å²) in [6, 6.07) is 0.364. The maximum atomic E-state index is 6.17. The summed E-state index contributed by atoms with van der Waals surface area (Å²) in [4.78, 5) is 7.85. The largest absolute Gasteiger partial charge is 0.334 e. The van der Waals surface area contributed by atoms with Gasteiger partial charge in [-0.25, -0.2) is 9.67 Å². The molecule has 0 radical (unpaired) electrons. The first-order chi connectivity index (χ1) is 9.63. The second-order valence-electron chi connectivity index (χ2n) is 4.88. The van der Waals surface area contributed by atoms with Crippen LogP contribution in [0.2, 0.25) is 5.02 Å². The Hall–Kier alpha value is -1.82. The normalized spacial score (nSPS) is 11.8. The van der Waals surface area contributed by atoms with Gasteiger partial charge in [-0.2, -0.15) is 10.2 Å². The first kappa shape index (κ1) is 13.2. The summed E-state index contributed by atoms with van der Waals surface area (Å²) in [7, 11) is 1.84. The van der Waals surface area contributed by atoms with Crippen LogP contribution in [-0.4, -0.2) is 29.5 Å². The molecule has 0 spiro atoms. The number of imidazole rings is 1. The molecule has 3 aromatic rings. The summed E-state index contributed by atoms with van der Waals surface area (Å²) >= 11 is 6.17. The van der Waals surface area contributed by atoms with E-state index in [-0.39, 0.29) is 0 Å². The Labute approximate surface area is 121 Å². The third kappa shape index (κ3) is 2.00. The van der Waals surface area contributed by atoms with Crippen LogP contribution in [0.15, 0.2) is 12.4 Å². The zero-order valence-corrected chi connectivity index (χ0v) is 12.5. The van der Waals surface area contributed by atoms with Gasteiger partial charge < -0.3 is 4.98 Å². The maximum Gasteiger partial charge on any atom is 0.177 e. The van der Waals surface area contributed by atoms with Gasteiger partial charge >= 0.3 is 0 Å². The smallest absolute Gasteiger partial charge is 0.177 e. The molecule has 0 aliphatic rings. The van der Waals surface area contributed by atoms with E-state index in [1.807, 2.05) is 11.7 Å². The minimum atomic E-state index is 0.364. The summed E-state index contributed by atoms with van der Waals surface area (Å²) < 4.78 is 3.66. The molecule has 0 aliphatic heterocycles. The molecule has 0 aliphatic carbocycles. The van der Waals surface area contributed by atoms with E-state index in [2.05, 4.69) is 34.0 Å². The first-order valence-electron chi connectivity index (χ1n) is 6.76. The van der Waals surface area contributed by atoms with E-state index in [4.69, 9.17) is 11.6 Å². The second-order valence-corrected chi connectivity index (χ2v) is 5.29. The lowest BCUT2D eigenvalue weighted by molar-refractivity contribution is 0.439. The van der Waals surface area contributed by atoms with Crippen molar-refractivity contribution in [2.75, 3.05) is 0 Å². The summed E-state index contributed by atoms with van der Waals surface area (Å²) in [6.07, 6.45) is 5.62. The van der Waals surface area contributed by atoms with Crippen LogP contribution in [0.25, 0.3) is 22.7 Å². The van der Waals surface area contributed by atoms with Crippen molar-refractivity contribution < 1.29 is 0 Å². The van der Waals surface area contributed by atoms with Gasteiger partial charge in [-0.05, 0) is 12.8 Å². The van der Waals surface area contributed by atoms with E-state index in [1.165, 1.54) is 0 Å². The van der Waals surface area contributed by atoms with Crippen LogP contribution >= 0.6 is 11.6 Å². The predicted octanol–water partition coefficient (Wildman–Crippen LogP) is 3.17.